The van der Waals surface area contributed by atoms with Crippen LogP contribution in [0.25, 0.3) is 11.1 Å². The van der Waals surface area contributed by atoms with Gasteiger partial charge in [0.1, 0.15) is 16.9 Å². The number of carboxylic acid groups (broad SMARTS) is 2. The second-order valence-corrected chi connectivity index (χ2v) is 5.66. The maximum absolute atomic E-state index is 12.1. The van der Waals surface area contributed by atoms with Crippen molar-refractivity contribution in [3.05, 3.63) is 51.3 Å². The number of carboxylic acids is 2. The van der Waals surface area contributed by atoms with Gasteiger partial charge in [0.05, 0.1) is 13.2 Å². The fourth-order valence-corrected chi connectivity index (χ4v) is 2.86. The standard InChI is InChI=1S/C17H16N2O7/c18-13-11(15(21)22)10(12(16(23)24)14(20)19-13)8-3-1-4-9(7-8)17-25-5-2-6-26-17/h1,3-4,7,17H,2,5-6H2,(H,21,22)(H,23,24)(H3,18,19,20). The molecule has 136 valence electrons. The highest BCUT2D eigenvalue weighted by molar-refractivity contribution is 6.07. The molecular formula is C17H16N2O7. The minimum absolute atomic E-state index is 0.216. The summed E-state index contributed by atoms with van der Waals surface area (Å²) in [5.74, 6) is -3.43. The molecule has 0 atom stereocenters. The molecule has 0 saturated carbocycles. The largest absolute Gasteiger partial charge is 0.478 e. The minimum atomic E-state index is -1.56. The molecule has 1 fully saturated rings. The third-order valence-corrected chi connectivity index (χ3v) is 3.95. The van der Waals surface area contributed by atoms with Gasteiger partial charge in [-0.2, -0.15) is 0 Å². The van der Waals surface area contributed by atoms with Crippen molar-refractivity contribution in [3.63, 3.8) is 0 Å². The zero-order valence-electron chi connectivity index (χ0n) is 13.5. The second kappa shape index (κ2) is 6.98. The van der Waals surface area contributed by atoms with Crippen molar-refractivity contribution in [3.8, 4) is 11.1 Å². The average Bonchev–Trinajstić information content (AvgIpc) is 2.61. The number of aromatic nitrogens is 1. The highest BCUT2D eigenvalue weighted by Crippen LogP contribution is 2.32. The van der Waals surface area contributed by atoms with Gasteiger partial charge in [0, 0.05) is 11.1 Å². The molecule has 5 N–H and O–H groups in total. The molecule has 0 unspecified atom stereocenters. The van der Waals surface area contributed by atoms with Crippen LogP contribution >= 0.6 is 0 Å². The number of nitrogens with one attached hydrogen (secondary N) is 1. The van der Waals surface area contributed by atoms with Gasteiger partial charge in [0.15, 0.2) is 6.29 Å². The van der Waals surface area contributed by atoms with Crippen LogP contribution in [0, 0.1) is 0 Å². The number of ether oxygens (including phenoxy) is 2. The van der Waals surface area contributed by atoms with E-state index in [1.807, 2.05) is 0 Å². The lowest BCUT2D eigenvalue weighted by atomic mass is 9.94. The normalized spacial score (nSPS) is 14.9. The van der Waals surface area contributed by atoms with E-state index in [9.17, 15) is 24.6 Å². The molecular weight excluding hydrogens is 344 g/mol. The van der Waals surface area contributed by atoms with Gasteiger partial charge in [-0.3, -0.25) is 4.79 Å². The molecule has 0 spiro atoms. The number of hydrogen-bond acceptors (Lipinski definition) is 6. The second-order valence-electron chi connectivity index (χ2n) is 5.66. The van der Waals surface area contributed by atoms with Gasteiger partial charge in [0.2, 0.25) is 0 Å². The molecule has 1 saturated heterocycles. The van der Waals surface area contributed by atoms with Crippen molar-refractivity contribution >= 4 is 17.8 Å². The molecule has 0 radical (unpaired) electrons. The first kappa shape index (κ1) is 17.6. The van der Waals surface area contributed by atoms with E-state index < -0.39 is 40.7 Å². The van der Waals surface area contributed by atoms with Gasteiger partial charge in [-0.15, -0.1) is 0 Å². The zero-order valence-corrected chi connectivity index (χ0v) is 13.5. The summed E-state index contributed by atoms with van der Waals surface area (Å²) >= 11 is 0. The Hall–Kier alpha value is -3.17. The summed E-state index contributed by atoms with van der Waals surface area (Å²) in [5, 5.41) is 18.9. The lowest BCUT2D eigenvalue weighted by molar-refractivity contribution is -0.183. The Kier molecular flexibility index (Phi) is 4.74. The lowest BCUT2D eigenvalue weighted by Crippen LogP contribution is -2.24. The van der Waals surface area contributed by atoms with Crippen LogP contribution in [0.15, 0.2) is 29.1 Å². The Balaban J connectivity index is 2.24. The van der Waals surface area contributed by atoms with E-state index in [2.05, 4.69) is 4.98 Å². The van der Waals surface area contributed by atoms with Gasteiger partial charge < -0.3 is 30.4 Å². The van der Waals surface area contributed by atoms with Crippen LogP contribution in [0.1, 0.15) is 39.0 Å². The lowest BCUT2D eigenvalue weighted by Gasteiger charge is -2.24. The van der Waals surface area contributed by atoms with Gasteiger partial charge in [-0.25, -0.2) is 9.59 Å². The number of nitrogen functional groups attached to an aromatic ring is 1. The summed E-state index contributed by atoms with van der Waals surface area (Å²) in [6, 6.07) is 6.33. The molecule has 0 amide bonds. The number of rotatable bonds is 4. The van der Waals surface area contributed by atoms with E-state index in [0.717, 1.165) is 6.42 Å². The summed E-state index contributed by atoms with van der Waals surface area (Å²) in [6.45, 7) is 1.02. The fourth-order valence-electron chi connectivity index (χ4n) is 2.86. The first-order valence-corrected chi connectivity index (χ1v) is 7.76. The monoisotopic (exact) mass is 360 g/mol. The first-order valence-electron chi connectivity index (χ1n) is 7.76. The molecule has 26 heavy (non-hydrogen) atoms. The molecule has 3 rings (SSSR count). The highest BCUT2D eigenvalue weighted by Gasteiger charge is 2.27. The first-order chi connectivity index (χ1) is 12.4. The molecule has 2 aromatic rings. The molecule has 1 aliphatic heterocycles. The van der Waals surface area contributed by atoms with Crippen molar-refractivity contribution in [1.29, 1.82) is 0 Å². The number of aromatic carboxylic acids is 2. The Morgan fingerprint density at radius 2 is 1.77 bits per heavy atom. The molecule has 1 aromatic carbocycles. The van der Waals surface area contributed by atoms with Crippen molar-refractivity contribution in [2.45, 2.75) is 12.7 Å². The SMILES string of the molecule is Nc1[nH]c(=O)c(C(=O)O)c(-c2cccc(C3OCCCO3)c2)c1C(=O)O. The van der Waals surface area contributed by atoms with Crippen molar-refractivity contribution in [1.82, 2.24) is 4.98 Å². The molecule has 1 aliphatic rings. The quantitative estimate of drug-likeness (QED) is 0.639. The molecule has 0 bridgehead atoms. The molecule has 9 nitrogen and oxygen atoms in total. The summed E-state index contributed by atoms with van der Waals surface area (Å²) in [7, 11) is 0. The van der Waals surface area contributed by atoms with Crippen LogP contribution in [0.4, 0.5) is 5.82 Å². The van der Waals surface area contributed by atoms with E-state index in [1.165, 1.54) is 12.1 Å². The zero-order chi connectivity index (χ0) is 18.8. The summed E-state index contributed by atoms with van der Waals surface area (Å²) < 4.78 is 11.0. The van der Waals surface area contributed by atoms with Crippen LogP contribution in [0.2, 0.25) is 0 Å². The van der Waals surface area contributed by atoms with Crippen molar-refractivity contribution in [2.75, 3.05) is 18.9 Å². The number of H-pyrrole nitrogens is 1. The average molecular weight is 360 g/mol. The third-order valence-electron chi connectivity index (χ3n) is 3.95. The predicted molar refractivity (Wildman–Crippen MR) is 90.1 cm³/mol. The Labute approximate surface area is 147 Å². The number of nitrogens with two attached hydrogens (primary N) is 1. The molecule has 2 heterocycles. The van der Waals surface area contributed by atoms with Gasteiger partial charge >= 0.3 is 11.9 Å². The maximum atomic E-state index is 12.1. The smallest absolute Gasteiger partial charge is 0.342 e. The highest BCUT2D eigenvalue weighted by atomic mass is 16.7. The molecule has 1 aromatic heterocycles. The number of pyridine rings is 1. The van der Waals surface area contributed by atoms with E-state index in [1.54, 1.807) is 12.1 Å². The topological polar surface area (TPSA) is 152 Å². The van der Waals surface area contributed by atoms with E-state index in [0.29, 0.717) is 18.8 Å². The third kappa shape index (κ3) is 3.17. The summed E-state index contributed by atoms with van der Waals surface area (Å²) in [4.78, 5) is 37.4. The van der Waals surface area contributed by atoms with Crippen molar-refractivity contribution < 1.29 is 29.3 Å². The minimum Gasteiger partial charge on any atom is -0.478 e. The number of anilines is 1. The van der Waals surface area contributed by atoms with E-state index >= 15 is 0 Å². The maximum Gasteiger partial charge on any atom is 0.342 e. The van der Waals surface area contributed by atoms with Gasteiger partial charge in [0.25, 0.3) is 5.56 Å². The molecule has 0 aliphatic carbocycles. The fraction of sp³-hybridized carbons (Fsp3) is 0.235. The summed E-state index contributed by atoms with van der Waals surface area (Å²) in [5.41, 5.74) is 4.01. The summed E-state index contributed by atoms with van der Waals surface area (Å²) in [6.07, 6.45) is 0.109. The number of benzene rings is 1. The Morgan fingerprint density at radius 1 is 1.12 bits per heavy atom. The van der Waals surface area contributed by atoms with Crippen LogP contribution in [0.5, 0.6) is 0 Å². The number of aromatic amines is 1. The Bertz CT molecular complexity index is 929. The predicted octanol–water partition coefficient (Wildman–Crippen LogP) is 1.46. The molecule has 9 heteroatoms. The van der Waals surface area contributed by atoms with Crippen molar-refractivity contribution in [2.24, 2.45) is 0 Å². The van der Waals surface area contributed by atoms with Crippen LogP contribution in [-0.4, -0.2) is 40.3 Å². The van der Waals surface area contributed by atoms with E-state index in [-0.39, 0.29) is 11.1 Å². The van der Waals surface area contributed by atoms with E-state index in [4.69, 9.17) is 15.2 Å². The van der Waals surface area contributed by atoms with Crippen LogP contribution < -0.4 is 11.3 Å². The van der Waals surface area contributed by atoms with Gasteiger partial charge in [-0.05, 0) is 18.1 Å². The Morgan fingerprint density at radius 3 is 2.38 bits per heavy atom. The van der Waals surface area contributed by atoms with Crippen LogP contribution in [0.3, 0.4) is 0 Å². The number of hydrogen-bond donors (Lipinski definition) is 4. The van der Waals surface area contributed by atoms with Gasteiger partial charge in [-0.1, -0.05) is 18.2 Å². The van der Waals surface area contributed by atoms with Crippen LogP contribution in [-0.2, 0) is 9.47 Å². The number of carbonyl (C=O) groups is 2.